The molecule has 1 atom stereocenters. The molecule has 0 spiro atoms. The van der Waals surface area contributed by atoms with E-state index in [4.69, 9.17) is 4.74 Å². The summed E-state index contributed by atoms with van der Waals surface area (Å²) in [4.78, 5) is 12.6. The van der Waals surface area contributed by atoms with Gasteiger partial charge in [-0.3, -0.25) is 4.79 Å². The van der Waals surface area contributed by atoms with Crippen molar-refractivity contribution in [1.82, 2.24) is 30.4 Å². The first-order valence-corrected chi connectivity index (χ1v) is 8.73. The second-order valence-corrected chi connectivity index (χ2v) is 6.45. The lowest BCUT2D eigenvalue weighted by Crippen LogP contribution is -2.29. The quantitative estimate of drug-likeness (QED) is 0.485. The lowest BCUT2D eigenvalue weighted by molar-refractivity contribution is 0.415. The van der Waals surface area contributed by atoms with E-state index in [1.807, 2.05) is 24.3 Å². The number of aromatic nitrogens is 6. The topological polar surface area (TPSA) is 111 Å². The van der Waals surface area contributed by atoms with Crippen LogP contribution < -0.4 is 15.6 Å². The van der Waals surface area contributed by atoms with Crippen LogP contribution in [0.15, 0.2) is 53.3 Å². The smallest absolute Gasteiger partial charge is 0.288 e. The van der Waals surface area contributed by atoms with Crippen LogP contribution in [0.1, 0.15) is 17.2 Å². The number of hydrogen-bond donors (Lipinski definition) is 2. The zero-order valence-electron chi connectivity index (χ0n) is 15.1. The minimum atomic E-state index is -0.576. The first-order valence-electron chi connectivity index (χ1n) is 8.73. The molecule has 0 fully saturated rings. The van der Waals surface area contributed by atoms with Gasteiger partial charge in [0, 0.05) is 11.1 Å². The maximum Gasteiger partial charge on any atom is 0.288 e. The monoisotopic (exact) mass is 391 g/mol. The van der Waals surface area contributed by atoms with Gasteiger partial charge in [0.25, 0.3) is 5.56 Å². The summed E-state index contributed by atoms with van der Waals surface area (Å²) in [5, 5.41) is 21.5. The average molecular weight is 391 g/mol. The van der Waals surface area contributed by atoms with Gasteiger partial charge in [-0.15, -0.1) is 0 Å². The van der Waals surface area contributed by atoms with Gasteiger partial charge < -0.3 is 10.1 Å². The first kappa shape index (κ1) is 17.0. The summed E-state index contributed by atoms with van der Waals surface area (Å²) in [7, 11) is 1.57. The van der Waals surface area contributed by atoms with E-state index in [2.05, 4.69) is 31.0 Å². The van der Waals surface area contributed by atoms with Crippen molar-refractivity contribution in [2.75, 3.05) is 12.4 Å². The molecule has 2 aromatic carbocycles. The number of benzene rings is 2. The molecule has 29 heavy (non-hydrogen) atoms. The Balaban J connectivity index is 1.80. The number of tetrazole rings is 1. The molecule has 3 heterocycles. The van der Waals surface area contributed by atoms with E-state index in [0.29, 0.717) is 28.5 Å². The van der Waals surface area contributed by atoms with Crippen molar-refractivity contribution in [3.8, 4) is 17.0 Å². The van der Waals surface area contributed by atoms with E-state index in [0.717, 1.165) is 5.56 Å². The van der Waals surface area contributed by atoms with Crippen LogP contribution in [0.25, 0.3) is 11.3 Å². The Morgan fingerprint density at radius 3 is 2.79 bits per heavy atom. The molecule has 0 saturated heterocycles. The number of hydrogen-bond acceptors (Lipinski definition) is 7. The number of nitrogens with zero attached hydrogens (tertiary/aromatic N) is 5. The predicted octanol–water partition coefficient (Wildman–Crippen LogP) is 2.27. The van der Waals surface area contributed by atoms with E-state index in [1.165, 1.54) is 12.1 Å². The Hall–Kier alpha value is -4.08. The van der Waals surface area contributed by atoms with E-state index in [1.54, 1.807) is 23.9 Å². The molecule has 0 bridgehead atoms. The van der Waals surface area contributed by atoms with Gasteiger partial charge in [0.1, 0.15) is 23.3 Å². The second-order valence-electron chi connectivity index (χ2n) is 6.45. The van der Waals surface area contributed by atoms with Gasteiger partial charge >= 0.3 is 0 Å². The third kappa shape index (κ3) is 2.73. The van der Waals surface area contributed by atoms with Gasteiger partial charge in [-0.1, -0.05) is 29.4 Å². The fraction of sp³-hybridized carbons (Fsp3) is 0.105. The van der Waals surface area contributed by atoms with Crippen molar-refractivity contribution in [1.29, 1.82) is 0 Å². The molecule has 2 aromatic heterocycles. The van der Waals surface area contributed by atoms with Gasteiger partial charge in [-0.05, 0) is 40.3 Å². The number of rotatable bonds is 3. The summed E-state index contributed by atoms with van der Waals surface area (Å²) in [6.07, 6.45) is 0. The predicted molar refractivity (Wildman–Crippen MR) is 102 cm³/mol. The molecule has 0 aliphatic carbocycles. The molecule has 9 nitrogen and oxygen atoms in total. The first-order chi connectivity index (χ1) is 14.2. The Bertz CT molecular complexity index is 1270. The highest BCUT2D eigenvalue weighted by molar-refractivity contribution is 5.76. The van der Waals surface area contributed by atoms with Crippen LogP contribution in [-0.2, 0) is 0 Å². The molecule has 5 rings (SSSR count). The van der Waals surface area contributed by atoms with Crippen LogP contribution >= 0.6 is 0 Å². The minimum Gasteiger partial charge on any atom is -0.497 e. The zero-order chi connectivity index (χ0) is 20.0. The lowest BCUT2D eigenvalue weighted by atomic mass is 9.92. The van der Waals surface area contributed by atoms with Crippen molar-refractivity contribution in [3.63, 3.8) is 0 Å². The van der Waals surface area contributed by atoms with Crippen molar-refractivity contribution in [2.24, 2.45) is 0 Å². The summed E-state index contributed by atoms with van der Waals surface area (Å²) >= 11 is 0. The standard InChI is InChI=1S/C19H14FN7O2/c1-29-13-4-2-3-11(9-13)15-14-16(18(28)23-22-15)21-19-24-25-26-27(19)17(14)10-5-7-12(20)8-6-10/h2-9,17H,1H3,(H,23,28)(H,21,24,26)/t17-/m1/s1. The molecule has 2 N–H and O–H groups in total. The summed E-state index contributed by atoms with van der Waals surface area (Å²) in [5.74, 6) is 0.589. The highest BCUT2D eigenvalue weighted by Gasteiger charge is 2.34. The molecule has 0 radical (unpaired) electrons. The third-order valence-electron chi connectivity index (χ3n) is 4.80. The maximum absolute atomic E-state index is 13.5. The molecule has 0 amide bonds. The summed E-state index contributed by atoms with van der Waals surface area (Å²) in [6.45, 7) is 0. The number of nitrogens with one attached hydrogen (secondary N) is 2. The van der Waals surface area contributed by atoms with E-state index in [-0.39, 0.29) is 11.5 Å². The Morgan fingerprint density at radius 2 is 2.00 bits per heavy atom. The van der Waals surface area contributed by atoms with Crippen LogP contribution in [0.5, 0.6) is 5.75 Å². The van der Waals surface area contributed by atoms with Gasteiger partial charge in [-0.25, -0.2) is 9.49 Å². The number of halogens is 1. The highest BCUT2D eigenvalue weighted by atomic mass is 19.1. The highest BCUT2D eigenvalue weighted by Crippen LogP contribution is 2.41. The number of H-pyrrole nitrogens is 1. The second kappa shape index (κ2) is 6.51. The minimum absolute atomic E-state index is 0.287. The number of fused-ring (bicyclic) bond motifs is 2. The molecule has 4 aromatic rings. The number of methoxy groups -OCH3 is 1. The largest absolute Gasteiger partial charge is 0.497 e. The molecule has 1 aliphatic rings. The third-order valence-corrected chi connectivity index (χ3v) is 4.80. The fourth-order valence-corrected chi connectivity index (χ4v) is 3.48. The van der Waals surface area contributed by atoms with Gasteiger partial charge in [0.05, 0.1) is 12.8 Å². The zero-order valence-corrected chi connectivity index (χ0v) is 15.1. The summed E-state index contributed by atoms with van der Waals surface area (Å²) < 4.78 is 20.4. The van der Waals surface area contributed by atoms with Crippen LogP contribution in [0, 0.1) is 5.82 Å². The SMILES string of the molecule is COc1cccc(-c2n[nH]c(=O)c3c2[C@@H](c2ccc(F)cc2)n2nnnc2N3)c1. The van der Waals surface area contributed by atoms with E-state index < -0.39 is 11.6 Å². The molecular weight excluding hydrogens is 377 g/mol. The molecule has 0 unspecified atom stereocenters. The Morgan fingerprint density at radius 1 is 1.17 bits per heavy atom. The number of anilines is 2. The van der Waals surface area contributed by atoms with Crippen molar-refractivity contribution >= 4 is 11.6 Å². The fourth-order valence-electron chi connectivity index (χ4n) is 3.48. The molecule has 0 saturated carbocycles. The van der Waals surface area contributed by atoms with Crippen molar-refractivity contribution < 1.29 is 9.13 Å². The molecular formula is C19H14FN7O2. The normalized spacial score (nSPS) is 14.6. The number of ether oxygens (including phenoxy) is 1. The number of aromatic amines is 1. The van der Waals surface area contributed by atoms with Crippen LogP contribution in [0.2, 0.25) is 0 Å². The maximum atomic E-state index is 13.5. The van der Waals surface area contributed by atoms with Crippen molar-refractivity contribution in [3.05, 3.63) is 75.8 Å². The lowest BCUT2D eigenvalue weighted by Gasteiger charge is -2.27. The van der Waals surface area contributed by atoms with Gasteiger partial charge in [-0.2, -0.15) is 9.78 Å². The Labute approximate surface area is 163 Å². The van der Waals surface area contributed by atoms with E-state index >= 15 is 0 Å². The Kier molecular flexibility index (Phi) is 3.83. The molecule has 1 aliphatic heterocycles. The molecule has 10 heteroatoms. The summed E-state index contributed by atoms with van der Waals surface area (Å²) in [5.41, 5.74) is 2.43. The van der Waals surface area contributed by atoms with Crippen LogP contribution in [0.4, 0.5) is 16.0 Å². The van der Waals surface area contributed by atoms with Gasteiger partial charge in [0.15, 0.2) is 0 Å². The van der Waals surface area contributed by atoms with Crippen LogP contribution in [-0.4, -0.2) is 37.5 Å². The van der Waals surface area contributed by atoms with E-state index in [9.17, 15) is 9.18 Å². The summed E-state index contributed by atoms with van der Waals surface area (Å²) in [6, 6.07) is 12.7. The average Bonchev–Trinajstić information content (AvgIpc) is 3.22. The van der Waals surface area contributed by atoms with Crippen molar-refractivity contribution in [2.45, 2.75) is 6.04 Å². The molecule has 144 valence electrons. The van der Waals surface area contributed by atoms with Crippen LogP contribution in [0.3, 0.4) is 0 Å². The van der Waals surface area contributed by atoms with Gasteiger partial charge in [0.2, 0.25) is 5.95 Å².